The highest BCUT2D eigenvalue weighted by Gasteiger charge is 2.25. The molecule has 0 atom stereocenters. The molecule has 2 N–H and O–H groups in total. The van der Waals surface area contributed by atoms with Crippen molar-refractivity contribution in [2.75, 3.05) is 38.5 Å². The molecule has 0 spiro atoms. The number of nitrogens with zero attached hydrogens (tertiary/aromatic N) is 3. The van der Waals surface area contributed by atoms with Crippen LogP contribution in [0.4, 0.5) is 5.88 Å². The Balaban J connectivity index is 1.77. The van der Waals surface area contributed by atoms with Crippen LogP contribution in [-0.2, 0) is 15.0 Å². The lowest BCUT2D eigenvalue weighted by Crippen LogP contribution is -2.46. The minimum absolute atomic E-state index is 0.0484. The SMILES string of the molecule is CN(CC(=O)O)C1CCN(CC(=O)Nc2cc(C(C)(C)C)no2)CC1. The molecule has 0 radical (unpaired) electrons. The number of hydrogen-bond acceptors (Lipinski definition) is 6. The molecule has 0 saturated carbocycles. The Morgan fingerprint density at radius 1 is 1.40 bits per heavy atom. The summed E-state index contributed by atoms with van der Waals surface area (Å²) in [4.78, 5) is 26.9. The Bertz CT molecular complexity index is 600. The molecule has 1 amide bonds. The lowest BCUT2D eigenvalue weighted by molar-refractivity contribution is -0.138. The second-order valence-electron chi connectivity index (χ2n) is 7.69. The first kappa shape index (κ1) is 19.4. The van der Waals surface area contributed by atoms with Crippen molar-refractivity contribution < 1.29 is 19.2 Å². The Kier molecular flexibility index (Phi) is 6.18. The van der Waals surface area contributed by atoms with Crippen LogP contribution in [0.25, 0.3) is 0 Å². The number of rotatable bonds is 6. The van der Waals surface area contributed by atoms with E-state index in [-0.39, 0.29) is 23.9 Å². The molecule has 0 bridgehead atoms. The number of carboxylic acid groups (broad SMARTS) is 1. The molecule has 2 rings (SSSR count). The highest BCUT2D eigenvalue weighted by Crippen LogP contribution is 2.23. The average Bonchev–Trinajstić information content (AvgIpc) is 2.95. The lowest BCUT2D eigenvalue weighted by Gasteiger charge is -2.35. The Morgan fingerprint density at radius 3 is 2.56 bits per heavy atom. The van der Waals surface area contributed by atoms with E-state index < -0.39 is 5.97 Å². The van der Waals surface area contributed by atoms with Gasteiger partial charge in [-0.3, -0.25) is 24.7 Å². The Morgan fingerprint density at radius 2 is 2.04 bits per heavy atom. The summed E-state index contributed by atoms with van der Waals surface area (Å²) in [5.74, 6) is -0.578. The van der Waals surface area contributed by atoms with Crippen molar-refractivity contribution in [3.05, 3.63) is 11.8 Å². The number of carboxylic acids is 1. The van der Waals surface area contributed by atoms with Gasteiger partial charge in [0.2, 0.25) is 11.8 Å². The van der Waals surface area contributed by atoms with Crippen LogP contribution in [0.1, 0.15) is 39.3 Å². The van der Waals surface area contributed by atoms with Crippen LogP contribution in [-0.4, -0.2) is 71.2 Å². The van der Waals surface area contributed by atoms with Crippen LogP contribution >= 0.6 is 0 Å². The van der Waals surface area contributed by atoms with Gasteiger partial charge in [-0.2, -0.15) is 0 Å². The fraction of sp³-hybridized carbons (Fsp3) is 0.706. The number of hydrogen-bond donors (Lipinski definition) is 2. The molecule has 25 heavy (non-hydrogen) atoms. The Hall–Kier alpha value is -1.93. The van der Waals surface area contributed by atoms with Gasteiger partial charge in [0.15, 0.2) is 0 Å². The fourth-order valence-electron chi connectivity index (χ4n) is 2.93. The summed E-state index contributed by atoms with van der Waals surface area (Å²) in [5, 5.41) is 15.6. The molecular formula is C17H28N4O4. The third kappa shape index (κ3) is 5.82. The number of carbonyl (C=O) groups is 2. The molecule has 1 saturated heterocycles. The number of nitrogens with one attached hydrogen (secondary N) is 1. The molecule has 8 nitrogen and oxygen atoms in total. The fourth-order valence-corrected chi connectivity index (χ4v) is 2.93. The lowest BCUT2D eigenvalue weighted by atomic mass is 9.92. The normalized spacial score (nSPS) is 17.0. The third-order valence-corrected chi connectivity index (χ3v) is 4.47. The van der Waals surface area contributed by atoms with E-state index in [1.165, 1.54) is 0 Å². The number of aromatic nitrogens is 1. The summed E-state index contributed by atoms with van der Waals surface area (Å²) in [7, 11) is 1.83. The maximum absolute atomic E-state index is 12.2. The minimum Gasteiger partial charge on any atom is -0.480 e. The van der Waals surface area contributed by atoms with E-state index in [0.717, 1.165) is 31.6 Å². The molecule has 0 aromatic carbocycles. The van der Waals surface area contributed by atoms with E-state index in [1.54, 1.807) is 6.07 Å². The highest BCUT2D eigenvalue weighted by atomic mass is 16.5. The van der Waals surface area contributed by atoms with Crippen molar-refractivity contribution in [1.82, 2.24) is 15.0 Å². The number of piperidine rings is 1. The van der Waals surface area contributed by atoms with Crippen LogP contribution in [0.2, 0.25) is 0 Å². The molecule has 1 fully saturated rings. The summed E-state index contributed by atoms with van der Waals surface area (Å²) in [6.45, 7) is 7.97. The van der Waals surface area contributed by atoms with Gasteiger partial charge < -0.3 is 9.63 Å². The average molecular weight is 352 g/mol. The molecule has 0 aliphatic carbocycles. The molecular weight excluding hydrogens is 324 g/mol. The quantitative estimate of drug-likeness (QED) is 0.798. The van der Waals surface area contributed by atoms with Crippen molar-refractivity contribution in [3.8, 4) is 0 Å². The van der Waals surface area contributed by atoms with E-state index in [2.05, 4.69) is 15.4 Å². The number of aliphatic carboxylic acids is 1. The standard InChI is InChI=1S/C17H28N4O4/c1-17(2,3)13-9-15(25-19-13)18-14(22)10-21-7-5-12(6-8-21)20(4)11-16(23)24/h9,12H,5-8,10-11H2,1-4H3,(H,18,22)(H,23,24). The van der Waals surface area contributed by atoms with Crippen LogP contribution < -0.4 is 5.32 Å². The third-order valence-electron chi connectivity index (χ3n) is 4.47. The summed E-state index contributed by atoms with van der Waals surface area (Å²) in [5.41, 5.74) is 0.668. The predicted molar refractivity (Wildman–Crippen MR) is 93.6 cm³/mol. The Labute approximate surface area is 148 Å². The van der Waals surface area contributed by atoms with Crippen molar-refractivity contribution >= 4 is 17.8 Å². The van der Waals surface area contributed by atoms with E-state index in [4.69, 9.17) is 9.63 Å². The first-order chi connectivity index (χ1) is 11.6. The molecule has 8 heteroatoms. The smallest absolute Gasteiger partial charge is 0.317 e. The van der Waals surface area contributed by atoms with Crippen molar-refractivity contribution in [2.45, 2.75) is 45.1 Å². The molecule has 140 valence electrons. The number of amides is 1. The molecule has 1 aromatic rings. The van der Waals surface area contributed by atoms with Crippen LogP contribution in [0.5, 0.6) is 0 Å². The zero-order valence-corrected chi connectivity index (χ0v) is 15.4. The monoisotopic (exact) mass is 352 g/mol. The van der Waals surface area contributed by atoms with Crippen molar-refractivity contribution in [2.24, 2.45) is 0 Å². The first-order valence-electron chi connectivity index (χ1n) is 8.56. The van der Waals surface area contributed by atoms with E-state index >= 15 is 0 Å². The summed E-state index contributed by atoms with van der Waals surface area (Å²) >= 11 is 0. The van der Waals surface area contributed by atoms with Crippen LogP contribution in [0.15, 0.2) is 10.6 Å². The zero-order chi connectivity index (χ0) is 18.6. The molecule has 2 heterocycles. The van der Waals surface area contributed by atoms with Crippen molar-refractivity contribution in [3.63, 3.8) is 0 Å². The zero-order valence-electron chi connectivity index (χ0n) is 15.4. The van der Waals surface area contributed by atoms with Gasteiger partial charge in [-0.1, -0.05) is 25.9 Å². The van der Waals surface area contributed by atoms with E-state index in [9.17, 15) is 9.59 Å². The second-order valence-corrected chi connectivity index (χ2v) is 7.69. The molecule has 1 aliphatic rings. The van der Waals surface area contributed by atoms with Crippen LogP contribution in [0, 0.1) is 0 Å². The highest BCUT2D eigenvalue weighted by molar-refractivity contribution is 5.91. The first-order valence-corrected chi connectivity index (χ1v) is 8.56. The largest absolute Gasteiger partial charge is 0.480 e. The number of anilines is 1. The van der Waals surface area contributed by atoms with E-state index in [1.807, 2.05) is 32.7 Å². The summed E-state index contributed by atoms with van der Waals surface area (Å²) in [6.07, 6.45) is 1.71. The summed E-state index contributed by atoms with van der Waals surface area (Å²) < 4.78 is 5.17. The van der Waals surface area contributed by atoms with Gasteiger partial charge in [-0.05, 0) is 19.9 Å². The van der Waals surface area contributed by atoms with Gasteiger partial charge in [0.05, 0.1) is 18.8 Å². The van der Waals surface area contributed by atoms with Gasteiger partial charge >= 0.3 is 5.97 Å². The summed E-state index contributed by atoms with van der Waals surface area (Å²) in [6, 6.07) is 2.00. The van der Waals surface area contributed by atoms with Gasteiger partial charge in [-0.25, -0.2) is 0 Å². The molecule has 0 unspecified atom stereocenters. The predicted octanol–water partition coefficient (Wildman–Crippen LogP) is 1.39. The van der Waals surface area contributed by atoms with Crippen LogP contribution in [0.3, 0.4) is 0 Å². The van der Waals surface area contributed by atoms with Gasteiger partial charge in [0.25, 0.3) is 0 Å². The minimum atomic E-state index is -0.814. The van der Waals surface area contributed by atoms with Gasteiger partial charge in [-0.15, -0.1) is 0 Å². The molecule has 1 aromatic heterocycles. The maximum Gasteiger partial charge on any atom is 0.317 e. The maximum atomic E-state index is 12.2. The van der Waals surface area contributed by atoms with E-state index in [0.29, 0.717) is 12.4 Å². The second kappa shape index (κ2) is 7.97. The van der Waals surface area contributed by atoms with Gasteiger partial charge in [0.1, 0.15) is 0 Å². The number of likely N-dealkylation sites (tertiary alicyclic amines) is 1. The number of carbonyl (C=O) groups excluding carboxylic acids is 1. The topological polar surface area (TPSA) is 98.9 Å². The number of likely N-dealkylation sites (N-methyl/N-ethyl adjacent to an activating group) is 1. The van der Waals surface area contributed by atoms with Crippen molar-refractivity contribution in [1.29, 1.82) is 0 Å². The van der Waals surface area contributed by atoms with Gasteiger partial charge in [0, 0.05) is 30.6 Å². The molecule has 1 aliphatic heterocycles.